The van der Waals surface area contributed by atoms with Gasteiger partial charge in [0, 0.05) is 0 Å². The fraction of sp³-hybridized carbons (Fsp3) is 0.500. The van der Waals surface area contributed by atoms with Crippen LogP contribution in [0.2, 0.25) is 4.82 Å². The molecule has 0 aromatic rings. The maximum absolute atomic E-state index is 10.8. The number of carbonyl (C=O) groups excluding carboxylic acids is 1. The van der Waals surface area contributed by atoms with Gasteiger partial charge in [0.15, 0.2) is 0 Å². The summed E-state index contributed by atoms with van der Waals surface area (Å²) in [4.78, 5) is 13.0. The summed E-state index contributed by atoms with van der Waals surface area (Å²) >= 11 is 0.354. The van der Waals surface area contributed by atoms with Crippen molar-refractivity contribution in [2.24, 2.45) is 0 Å². The molecule has 1 rings (SSSR count). The van der Waals surface area contributed by atoms with E-state index >= 15 is 0 Å². The second kappa shape index (κ2) is 3.04. The van der Waals surface area contributed by atoms with Crippen molar-refractivity contribution in [3.05, 3.63) is 11.1 Å². The zero-order chi connectivity index (χ0) is 6.69. The molecule has 0 radical (unpaired) electrons. The minimum atomic E-state index is -0.0556. The number of methoxy groups -OCH3 is 1. The van der Waals surface area contributed by atoms with Gasteiger partial charge < -0.3 is 0 Å². The summed E-state index contributed by atoms with van der Waals surface area (Å²) in [7, 11) is 1.44. The number of hydrogen-bond donors (Lipinski definition) is 0. The molecule has 50 valence electrons. The Hall–Kier alpha value is -0.271. The van der Waals surface area contributed by atoms with Crippen LogP contribution >= 0.6 is 0 Å². The van der Waals surface area contributed by atoms with E-state index in [1.807, 2.05) is 6.08 Å². The van der Waals surface area contributed by atoms with Gasteiger partial charge >= 0.3 is 59.9 Å². The number of carbonyl (C=O) groups is 1. The fourth-order valence-electron chi connectivity index (χ4n) is 0.668. The molecule has 1 atom stereocenters. The Bertz CT molecular complexity index is 134. The van der Waals surface area contributed by atoms with Crippen molar-refractivity contribution in [1.29, 1.82) is 0 Å². The SMILES string of the molecule is COC(=O)C1CC=C[Se]1. The van der Waals surface area contributed by atoms with E-state index in [-0.39, 0.29) is 10.8 Å². The summed E-state index contributed by atoms with van der Waals surface area (Å²) < 4.78 is 4.57. The normalized spacial score (nSPS) is 24.3. The molecule has 1 aliphatic rings. The number of esters is 1. The molecule has 0 bridgehead atoms. The molecule has 0 aromatic carbocycles. The second-order valence-electron chi connectivity index (χ2n) is 1.76. The summed E-state index contributed by atoms with van der Waals surface area (Å²) in [6.45, 7) is 0. The molecule has 0 amide bonds. The van der Waals surface area contributed by atoms with E-state index < -0.39 is 0 Å². The molecule has 0 fully saturated rings. The number of rotatable bonds is 1. The van der Waals surface area contributed by atoms with Crippen molar-refractivity contribution in [1.82, 2.24) is 0 Å². The molecular formula is C6H8O2Se. The summed E-state index contributed by atoms with van der Waals surface area (Å²) in [5.74, 6) is -0.0556. The number of ether oxygens (including phenoxy) is 1. The van der Waals surface area contributed by atoms with Crippen molar-refractivity contribution >= 4 is 20.9 Å². The average molecular weight is 191 g/mol. The van der Waals surface area contributed by atoms with Crippen LogP contribution in [0.4, 0.5) is 0 Å². The summed E-state index contributed by atoms with van der Waals surface area (Å²) in [6.07, 6.45) is 2.92. The first-order chi connectivity index (χ1) is 4.34. The Morgan fingerprint density at radius 1 is 1.89 bits per heavy atom. The Kier molecular flexibility index (Phi) is 2.31. The van der Waals surface area contributed by atoms with Gasteiger partial charge in [-0.1, -0.05) is 0 Å². The Morgan fingerprint density at radius 2 is 2.67 bits per heavy atom. The topological polar surface area (TPSA) is 26.3 Å². The molecule has 0 spiro atoms. The summed E-state index contributed by atoms with van der Waals surface area (Å²) in [5.41, 5.74) is 0. The van der Waals surface area contributed by atoms with Gasteiger partial charge in [-0.25, -0.2) is 0 Å². The van der Waals surface area contributed by atoms with Crippen LogP contribution in [0.1, 0.15) is 6.42 Å². The third-order valence-electron chi connectivity index (χ3n) is 1.15. The van der Waals surface area contributed by atoms with Gasteiger partial charge in [-0.05, 0) is 0 Å². The van der Waals surface area contributed by atoms with Gasteiger partial charge in [-0.2, -0.15) is 0 Å². The molecule has 0 saturated carbocycles. The Balaban J connectivity index is 2.36. The third-order valence-corrected chi connectivity index (χ3v) is 3.38. The van der Waals surface area contributed by atoms with Crippen molar-refractivity contribution in [3.8, 4) is 0 Å². The first kappa shape index (κ1) is 6.84. The van der Waals surface area contributed by atoms with Gasteiger partial charge in [0.1, 0.15) is 0 Å². The van der Waals surface area contributed by atoms with Crippen LogP contribution in [0.15, 0.2) is 11.1 Å². The Morgan fingerprint density at radius 3 is 3.11 bits per heavy atom. The van der Waals surface area contributed by atoms with Crippen LogP contribution in [-0.4, -0.2) is 28.0 Å². The van der Waals surface area contributed by atoms with E-state index in [0.29, 0.717) is 15.0 Å². The van der Waals surface area contributed by atoms with Gasteiger partial charge in [-0.15, -0.1) is 0 Å². The van der Waals surface area contributed by atoms with Crippen LogP contribution in [0, 0.1) is 0 Å². The van der Waals surface area contributed by atoms with Crippen LogP contribution in [0.25, 0.3) is 0 Å². The van der Waals surface area contributed by atoms with E-state index in [1.165, 1.54) is 7.11 Å². The molecule has 1 unspecified atom stereocenters. The molecule has 9 heavy (non-hydrogen) atoms. The first-order valence-electron chi connectivity index (χ1n) is 2.73. The molecule has 1 aliphatic heterocycles. The van der Waals surface area contributed by atoms with Crippen molar-refractivity contribution < 1.29 is 9.53 Å². The second-order valence-corrected chi connectivity index (χ2v) is 4.09. The molecule has 3 heteroatoms. The van der Waals surface area contributed by atoms with Crippen molar-refractivity contribution in [2.75, 3.05) is 7.11 Å². The predicted octanol–water partition coefficient (Wildman–Crippen LogP) is 0.569. The molecule has 0 aliphatic carbocycles. The number of allylic oxidation sites excluding steroid dienone is 1. The van der Waals surface area contributed by atoms with Crippen LogP contribution in [-0.2, 0) is 9.53 Å². The quantitative estimate of drug-likeness (QED) is 0.447. The van der Waals surface area contributed by atoms with Crippen LogP contribution < -0.4 is 0 Å². The zero-order valence-corrected chi connectivity index (χ0v) is 6.88. The average Bonchev–Trinajstić information content (AvgIpc) is 2.37. The Labute approximate surface area is 60.4 Å². The molecule has 0 aromatic heterocycles. The molecule has 2 nitrogen and oxygen atoms in total. The molecule has 0 N–H and O–H groups in total. The first-order valence-corrected chi connectivity index (χ1v) is 4.70. The van der Waals surface area contributed by atoms with Crippen LogP contribution in [0.5, 0.6) is 0 Å². The van der Waals surface area contributed by atoms with E-state index in [2.05, 4.69) is 9.71 Å². The van der Waals surface area contributed by atoms with E-state index in [1.54, 1.807) is 0 Å². The minimum absolute atomic E-state index is 0.0556. The summed E-state index contributed by atoms with van der Waals surface area (Å²) in [5, 5.41) is 0. The zero-order valence-electron chi connectivity index (χ0n) is 5.16. The van der Waals surface area contributed by atoms with E-state index in [0.717, 1.165) is 6.42 Å². The standard InChI is InChI=1S/C6H8O2Se/c1-8-6(7)5-3-2-4-9-5/h2,4-5H,3H2,1H3. The fourth-order valence-corrected chi connectivity index (χ4v) is 2.43. The molecular weight excluding hydrogens is 183 g/mol. The molecule has 1 heterocycles. The van der Waals surface area contributed by atoms with E-state index in [9.17, 15) is 4.79 Å². The van der Waals surface area contributed by atoms with Gasteiger partial charge in [0.25, 0.3) is 0 Å². The van der Waals surface area contributed by atoms with E-state index in [4.69, 9.17) is 0 Å². The summed E-state index contributed by atoms with van der Waals surface area (Å²) in [6, 6.07) is 0. The van der Waals surface area contributed by atoms with Gasteiger partial charge in [0.2, 0.25) is 0 Å². The van der Waals surface area contributed by atoms with Crippen molar-refractivity contribution in [2.45, 2.75) is 11.2 Å². The van der Waals surface area contributed by atoms with Crippen molar-refractivity contribution in [3.63, 3.8) is 0 Å². The monoisotopic (exact) mass is 192 g/mol. The molecule has 0 saturated heterocycles. The third kappa shape index (κ3) is 1.57. The van der Waals surface area contributed by atoms with Gasteiger partial charge in [-0.3, -0.25) is 0 Å². The maximum atomic E-state index is 10.8. The van der Waals surface area contributed by atoms with Gasteiger partial charge in [0.05, 0.1) is 0 Å². The number of hydrogen-bond acceptors (Lipinski definition) is 2. The predicted molar refractivity (Wildman–Crippen MR) is 35.3 cm³/mol. The van der Waals surface area contributed by atoms with Crippen LogP contribution in [0.3, 0.4) is 0 Å².